The van der Waals surface area contributed by atoms with Gasteiger partial charge in [0.05, 0.1) is 12.5 Å². The van der Waals surface area contributed by atoms with Crippen LogP contribution in [0.3, 0.4) is 0 Å². The molecule has 19 heavy (non-hydrogen) atoms. The van der Waals surface area contributed by atoms with Crippen LogP contribution in [-0.2, 0) is 16.3 Å². The lowest BCUT2D eigenvalue weighted by atomic mass is 10.1. The molecule has 3 N–H and O–H groups in total. The average molecular weight is 265 g/mol. The van der Waals surface area contributed by atoms with Gasteiger partial charge in [0.2, 0.25) is 0 Å². The van der Waals surface area contributed by atoms with E-state index in [4.69, 9.17) is 10.5 Å². The molecule has 2 aromatic rings. The van der Waals surface area contributed by atoms with Gasteiger partial charge in [0, 0.05) is 0 Å². The first kappa shape index (κ1) is 13.2. The van der Waals surface area contributed by atoms with Gasteiger partial charge in [0.1, 0.15) is 11.4 Å². The van der Waals surface area contributed by atoms with Gasteiger partial charge in [-0.15, -0.1) is 0 Å². The number of ether oxygens (including phenoxy) is 1. The Balaban J connectivity index is 2.13. The van der Waals surface area contributed by atoms with Crippen molar-refractivity contribution in [1.82, 2.24) is 19.7 Å². The van der Waals surface area contributed by atoms with Gasteiger partial charge in [-0.05, 0) is 5.92 Å². The van der Waals surface area contributed by atoms with Gasteiger partial charge in [0.25, 0.3) is 5.56 Å². The first-order valence-corrected chi connectivity index (χ1v) is 5.82. The second kappa shape index (κ2) is 5.19. The van der Waals surface area contributed by atoms with Crippen LogP contribution in [0.1, 0.15) is 13.8 Å². The number of carbonyl (C=O) groups is 1. The zero-order valence-electron chi connectivity index (χ0n) is 10.7. The summed E-state index contributed by atoms with van der Waals surface area (Å²) in [6.07, 6.45) is 2.64. The average Bonchev–Trinajstić information content (AvgIpc) is 2.79. The van der Waals surface area contributed by atoms with Crippen LogP contribution in [0.25, 0.3) is 11.0 Å². The molecule has 8 heteroatoms. The molecule has 8 nitrogen and oxygen atoms in total. The van der Waals surface area contributed by atoms with Crippen molar-refractivity contribution in [1.29, 1.82) is 0 Å². The Bertz CT molecular complexity index is 645. The summed E-state index contributed by atoms with van der Waals surface area (Å²) >= 11 is 0. The fourth-order valence-electron chi connectivity index (χ4n) is 1.49. The van der Waals surface area contributed by atoms with E-state index in [0.717, 1.165) is 0 Å². The summed E-state index contributed by atoms with van der Waals surface area (Å²) in [4.78, 5) is 29.5. The number of hydrogen-bond acceptors (Lipinski definition) is 6. The molecule has 0 bridgehead atoms. The Morgan fingerprint density at radius 1 is 1.58 bits per heavy atom. The minimum atomic E-state index is -0.682. The van der Waals surface area contributed by atoms with Crippen molar-refractivity contribution in [3.8, 4) is 0 Å². The minimum absolute atomic E-state index is 0.0113. The summed E-state index contributed by atoms with van der Waals surface area (Å²) in [7, 11) is 0. The third kappa shape index (κ3) is 2.63. The molecule has 0 spiro atoms. The van der Waals surface area contributed by atoms with Gasteiger partial charge < -0.3 is 15.5 Å². The van der Waals surface area contributed by atoms with Crippen LogP contribution in [-0.4, -0.2) is 31.8 Å². The summed E-state index contributed by atoms with van der Waals surface area (Å²) in [6.45, 7) is 3.53. The number of aromatic nitrogens is 4. The van der Waals surface area contributed by atoms with Crippen molar-refractivity contribution in [3.63, 3.8) is 0 Å². The highest BCUT2D eigenvalue weighted by atomic mass is 16.5. The number of carbonyl (C=O) groups excluding carboxylic acids is 1. The first-order chi connectivity index (χ1) is 9.00. The number of aromatic amines is 1. The second-order valence-corrected chi connectivity index (χ2v) is 4.48. The SMILES string of the molecule is CC(C)C(N)C(=O)OCn1ncc2c(=O)[nH]cnc21. The summed E-state index contributed by atoms with van der Waals surface area (Å²) in [5.41, 5.74) is 5.73. The van der Waals surface area contributed by atoms with Crippen molar-refractivity contribution < 1.29 is 9.53 Å². The van der Waals surface area contributed by atoms with Gasteiger partial charge in [-0.25, -0.2) is 9.67 Å². The van der Waals surface area contributed by atoms with Crippen molar-refractivity contribution >= 4 is 17.0 Å². The number of nitrogens with one attached hydrogen (secondary N) is 1. The smallest absolute Gasteiger partial charge is 0.324 e. The molecule has 0 aromatic carbocycles. The van der Waals surface area contributed by atoms with E-state index in [2.05, 4.69) is 15.1 Å². The molecule has 2 aromatic heterocycles. The molecule has 0 saturated heterocycles. The van der Waals surface area contributed by atoms with Crippen molar-refractivity contribution in [2.45, 2.75) is 26.6 Å². The molecule has 0 radical (unpaired) electrons. The Hall–Kier alpha value is -2.22. The predicted molar refractivity (Wildman–Crippen MR) is 67.1 cm³/mol. The second-order valence-electron chi connectivity index (χ2n) is 4.48. The number of hydrogen-bond donors (Lipinski definition) is 2. The van der Waals surface area contributed by atoms with Crippen LogP contribution >= 0.6 is 0 Å². The van der Waals surface area contributed by atoms with Gasteiger partial charge in [0.15, 0.2) is 12.4 Å². The number of rotatable bonds is 4. The van der Waals surface area contributed by atoms with E-state index in [1.165, 1.54) is 17.2 Å². The fraction of sp³-hybridized carbons (Fsp3) is 0.455. The zero-order chi connectivity index (χ0) is 14.0. The lowest BCUT2D eigenvalue weighted by Gasteiger charge is -2.14. The third-order valence-corrected chi connectivity index (χ3v) is 2.76. The number of fused-ring (bicyclic) bond motifs is 1. The molecular weight excluding hydrogens is 250 g/mol. The van der Waals surface area contributed by atoms with E-state index in [0.29, 0.717) is 11.0 Å². The molecule has 1 unspecified atom stereocenters. The quantitative estimate of drug-likeness (QED) is 0.727. The molecule has 0 aliphatic heterocycles. The summed E-state index contributed by atoms with van der Waals surface area (Å²) in [5.74, 6) is -0.522. The molecule has 0 aliphatic carbocycles. The largest absolute Gasteiger partial charge is 0.441 e. The van der Waals surface area contributed by atoms with Gasteiger partial charge in [-0.1, -0.05) is 13.8 Å². The molecule has 0 saturated carbocycles. The zero-order valence-corrected chi connectivity index (χ0v) is 10.7. The maximum atomic E-state index is 11.6. The molecule has 2 heterocycles. The normalized spacial score (nSPS) is 12.8. The molecule has 0 amide bonds. The Morgan fingerprint density at radius 2 is 2.32 bits per heavy atom. The van der Waals surface area contributed by atoms with Crippen LogP contribution in [0, 0.1) is 5.92 Å². The van der Waals surface area contributed by atoms with Gasteiger partial charge in [-0.3, -0.25) is 9.59 Å². The maximum absolute atomic E-state index is 11.6. The summed E-state index contributed by atoms with van der Waals surface area (Å²) in [5, 5.41) is 4.29. The molecule has 102 valence electrons. The highest BCUT2D eigenvalue weighted by Crippen LogP contribution is 2.06. The number of esters is 1. The standard InChI is InChI=1S/C11H15N5O3/c1-6(2)8(12)11(18)19-5-16-9-7(3-15-16)10(17)14-4-13-9/h3-4,6,8H,5,12H2,1-2H3,(H,13,14,17). The lowest BCUT2D eigenvalue weighted by molar-refractivity contribution is -0.150. The van der Waals surface area contributed by atoms with Crippen molar-refractivity contribution in [2.75, 3.05) is 0 Å². The van der Waals surface area contributed by atoms with Crippen LogP contribution < -0.4 is 11.3 Å². The highest BCUT2D eigenvalue weighted by Gasteiger charge is 2.19. The predicted octanol–water partition coefficient (Wildman–Crippen LogP) is -0.396. The Kier molecular flexibility index (Phi) is 3.61. The van der Waals surface area contributed by atoms with Crippen LogP contribution in [0.15, 0.2) is 17.3 Å². The Labute approximate surface area is 108 Å². The number of nitrogens with two attached hydrogens (primary N) is 1. The Morgan fingerprint density at radius 3 is 3.00 bits per heavy atom. The van der Waals surface area contributed by atoms with E-state index in [-0.39, 0.29) is 18.2 Å². The molecule has 0 aliphatic rings. The van der Waals surface area contributed by atoms with E-state index < -0.39 is 12.0 Å². The molecular formula is C11H15N5O3. The number of H-pyrrole nitrogens is 1. The van der Waals surface area contributed by atoms with Crippen molar-refractivity contribution in [2.24, 2.45) is 11.7 Å². The molecule has 0 fully saturated rings. The van der Waals surface area contributed by atoms with E-state index in [1.54, 1.807) is 0 Å². The minimum Gasteiger partial charge on any atom is -0.441 e. The van der Waals surface area contributed by atoms with Gasteiger partial charge >= 0.3 is 5.97 Å². The topological polar surface area (TPSA) is 116 Å². The van der Waals surface area contributed by atoms with E-state index >= 15 is 0 Å². The van der Waals surface area contributed by atoms with E-state index in [9.17, 15) is 9.59 Å². The summed E-state index contributed by atoms with van der Waals surface area (Å²) in [6, 6.07) is -0.682. The molecule has 1 atom stereocenters. The number of nitrogens with zero attached hydrogens (tertiary/aromatic N) is 3. The first-order valence-electron chi connectivity index (χ1n) is 5.82. The van der Waals surface area contributed by atoms with Crippen LogP contribution in [0.2, 0.25) is 0 Å². The maximum Gasteiger partial charge on any atom is 0.324 e. The molecule has 2 rings (SSSR count). The van der Waals surface area contributed by atoms with Crippen LogP contribution in [0.5, 0.6) is 0 Å². The lowest BCUT2D eigenvalue weighted by Crippen LogP contribution is -2.37. The third-order valence-electron chi connectivity index (χ3n) is 2.76. The monoisotopic (exact) mass is 265 g/mol. The van der Waals surface area contributed by atoms with E-state index in [1.807, 2.05) is 13.8 Å². The van der Waals surface area contributed by atoms with Gasteiger partial charge in [-0.2, -0.15) is 5.10 Å². The fourth-order valence-corrected chi connectivity index (χ4v) is 1.49. The summed E-state index contributed by atoms with van der Waals surface area (Å²) < 4.78 is 6.37. The highest BCUT2D eigenvalue weighted by molar-refractivity contribution is 5.76. The van der Waals surface area contributed by atoms with Crippen LogP contribution in [0.4, 0.5) is 0 Å². The van der Waals surface area contributed by atoms with Crippen molar-refractivity contribution in [3.05, 3.63) is 22.9 Å².